The highest BCUT2D eigenvalue weighted by molar-refractivity contribution is 5.95. The summed E-state index contributed by atoms with van der Waals surface area (Å²) in [5.41, 5.74) is 1.44. The summed E-state index contributed by atoms with van der Waals surface area (Å²) < 4.78 is 5.62. The molecule has 2 amide bonds. The number of hydrogen-bond acceptors (Lipinski definition) is 4. The molecule has 6 nitrogen and oxygen atoms in total. The topological polar surface area (TPSA) is 61.9 Å². The van der Waals surface area contributed by atoms with Crippen molar-refractivity contribution < 1.29 is 14.3 Å². The van der Waals surface area contributed by atoms with Crippen LogP contribution in [0.1, 0.15) is 23.7 Å². The zero-order valence-corrected chi connectivity index (χ0v) is 16.3. The summed E-state index contributed by atoms with van der Waals surface area (Å²) in [5, 5.41) is 2.90. The number of anilines is 1. The molecular formula is C22H27N3O3. The van der Waals surface area contributed by atoms with Crippen LogP contribution >= 0.6 is 0 Å². The van der Waals surface area contributed by atoms with E-state index in [0.29, 0.717) is 44.9 Å². The van der Waals surface area contributed by atoms with Crippen molar-refractivity contribution >= 4 is 17.5 Å². The highest BCUT2D eigenvalue weighted by Crippen LogP contribution is 2.16. The maximum Gasteiger partial charge on any atom is 0.254 e. The monoisotopic (exact) mass is 381 g/mol. The van der Waals surface area contributed by atoms with Gasteiger partial charge in [0, 0.05) is 37.4 Å². The summed E-state index contributed by atoms with van der Waals surface area (Å²) in [4.78, 5) is 28.9. The van der Waals surface area contributed by atoms with E-state index in [0.717, 1.165) is 17.9 Å². The SMILES string of the molecule is CCCOc1cccc(C(=O)N2CCN(CC(=O)Nc3ccccc3)CC2)c1. The van der Waals surface area contributed by atoms with E-state index in [9.17, 15) is 9.59 Å². The number of nitrogens with zero attached hydrogens (tertiary/aromatic N) is 2. The molecule has 28 heavy (non-hydrogen) atoms. The van der Waals surface area contributed by atoms with Gasteiger partial charge in [-0.25, -0.2) is 0 Å². The van der Waals surface area contributed by atoms with Gasteiger partial charge in [-0.05, 0) is 36.8 Å². The van der Waals surface area contributed by atoms with Crippen molar-refractivity contribution in [1.82, 2.24) is 9.80 Å². The van der Waals surface area contributed by atoms with E-state index in [2.05, 4.69) is 17.1 Å². The number of rotatable bonds is 7. The fraction of sp³-hybridized carbons (Fsp3) is 0.364. The van der Waals surface area contributed by atoms with Crippen LogP contribution in [0, 0.1) is 0 Å². The molecule has 1 aliphatic heterocycles. The molecular weight excluding hydrogens is 354 g/mol. The molecule has 0 bridgehead atoms. The Morgan fingerprint density at radius 1 is 1.00 bits per heavy atom. The van der Waals surface area contributed by atoms with E-state index in [1.807, 2.05) is 53.4 Å². The molecule has 0 spiro atoms. The Morgan fingerprint density at radius 3 is 2.46 bits per heavy atom. The van der Waals surface area contributed by atoms with Crippen molar-refractivity contribution in [3.8, 4) is 5.75 Å². The van der Waals surface area contributed by atoms with Gasteiger partial charge >= 0.3 is 0 Å². The maximum absolute atomic E-state index is 12.8. The molecule has 0 aliphatic carbocycles. The summed E-state index contributed by atoms with van der Waals surface area (Å²) in [6, 6.07) is 16.8. The van der Waals surface area contributed by atoms with Crippen LogP contribution in [0.4, 0.5) is 5.69 Å². The van der Waals surface area contributed by atoms with Crippen LogP contribution in [-0.2, 0) is 4.79 Å². The van der Waals surface area contributed by atoms with Gasteiger partial charge in [-0.1, -0.05) is 31.2 Å². The van der Waals surface area contributed by atoms with E-state index >= 15 is 0 Å². The largest absolute Gasteiger partial charge is 0.494 e. The number of carbonyl (C=O) groups excluding carboxylic acids is 2. The van der Waals surface area contributed by atoms with Crippen molar-refractivity contribution in [2.24, 2.45) is 0 Å². The lowest BCUT2D eigenvalue weighted by Crippen LogP contribution is -2.50. The second-order valence-corrected chi connectivity index (χ2v) is 6.86. The molecule has 1 saturated heterocycles. The zero-order valence-electron chi connectivity index (χ0n) is 16.3. The zero-order chi connectivity index (χ0) is 19.8. The van der Waals surface area contributed by atoms with Crippen LogP contribution in [0.3, 0.4) is 0 Å². The van der Waals surface area contributed by atoms with Crippen LogP contribution in [-0.4, -0.2) is 60.9 Å². The van der Waals surface area contributed by atoms with Crippen LogP contribution in [0.15, 0.2) is 54.6 Å². The minimum atomic E-state index is -0.0354. The normalized spacial score (nSPS) is 14.5. The quantitative estimate of drug-likeness (QED) is 0.801. The van der Waals surface area contributed by atoms with Crippen molar-refractivity contribution in [3.05, 3.63) is 60.2 Å². The molecule has 3 rings (SSSR count). The van der Waals surface area contributed by atoms with Crippen molar-refractivity contribution in [2.75, 3.05) is 44.6 Å². The van der Waals surface area contributed by atoms with E-state index in [1.54, 1.807) is 6.07 Å². The molecule has 0 radical (unpaired) electrons. The molecule has 148 valence electrons. The van der Waals surface area contributed by atoms with Crippen LogP contribution in [0.2, 0.25) is 0 Å². The summed E-state index contributed by atoms with van der Waals surface area (Å²) in [6.45, 7) is 5.60. The van der Waals surface area contributed by atoms with Crippen LogP contribution < -0.4 is 10.1 Å². The Labute approximate surface area is 166 Å². The summed E-state index contributed by atoms with van der Waals surface area (Å²) in [5.74, 6) is 0.700. The third kappa shape index (κ3) is 5.57. The number of nitrogens with one attached hydrogen (secondary N) is 1. The van der Waals surface area contributed by atoms with Crippen LogP contribution in [0.5, 0.6) is 5.75 Å². The Kier molecular flexibility index (Phi) is 7.03. The molecule has 2 aromatic rings. The molecule has 0 unspecified atom stereocenters. The molecule has 0 saturated carbocycles. The Hall–Kier alpha value is -2.86. The van der Waals surface area contributed by atoms with Crippen molar-refractivity contribution in [3.63, 3.8) is 0 Å². The lowest BCUT2D eigenvalue weighted by atomic mass is 10.1. The standard InChI is InChI=1S/C22H27N3O3/c1-2-15-28-20-10-6-7-18(16-20)22(27)25-13-11-24(12-14-25)17-21(26)23-19-8-4-3-5-9-19/h3-10,16H,2,11-15,17H2,1H3,(H,23,26). The first-order valence-electron chi connectivity index (χ1n) is 9.75. The van der Waals surface area contributed by atoms with Crippen LogP contribution in [0.25, 0.3) is 0 Å². The number of carbonyl (C=O) groups is 2. The number of piperazine rings is 1. The lowest BCUT2D eigenvalue weighted by Gasteiger charge is -2.34. The Balaban J connectivity index is 1.48. The van der Waals surface area contributed by atoms with Gasteiger partial charge in [0.05, 0.1) is 13.2 Å². The highest BCUT2D eigenvalue weighted by Gasteiger charge is 2.23. The summed E-state index contributed by atoms with van der Waals surface area (Å²) >= 11 is 0. The van der Waals surface area contributed by atoms with Gasteiger partial charge in [0.25, 0.3) is 5.91 Å². The van der Waals surface area contributed by atoms with Gasteiger partial charge in [-0.15, -0.1) is 0 Å². The predicted molar refractivity (Wildman–Crippen MR) is 110 cm³/mol. The third-order valence-electron chi connectivity index (χ3n) is 4.64. The molecule has 2 aromatic carbocycles. The Bertz CT molecular complexity index is 787. The van der Waals surface area contributed by atoms with Gasteiger partial charge in [0.2, 0.25) is 5.91 Å². The Morgan fingerprint density at radius 2 is 1.75 bits per heavy atom. The number of para-hydroxylation sites is 1. The smallest absolute Gasteiger partial charge is 0.254 e. The highest BCUT2D eigenvalue weighted by atomic mass is 16.5. The van der Waals surface area contributed by atoms with Gasteiger partial charge in [-0.3, -0.25) is 14.5 Å². The molecule has 6 heteroatoms. The maximum atomic E-state index is 12.8. The van der Waals surface area contributed by atoms with Gasteiger partial charge in [-0.2, -0.15) is 0 Å². The average molecular weight is 381 g/mol. The summed E-state index contributed by atoms with van der Waals surface area (Å²) in [7, 11) is 0. The molecule has 0 atom stereocenters. The second kappa shape index (κ2) is 9.90. The van der Waals surface area contributed by atoms with Crippen molar-refractivity contribution in [2.45, 2.75) is 13.3 Å². The van der Waals surface area contributed by atoms with E-state index in [-0.39, 0.29) is 11.8 Å². The van der Waals surface area contributed by atoms with Gasteiger partial charge in [0.15, 0.2) is 0 Å². The van der Waals surface area contributed by atoms with Gasteiger partial charge in [0.1, 0.15) is 5.75 Å². The number of ether oxygens (including phenoxy) is 1. The fourth-order valence-electron chi connectivity index (χ4n) is 3.16. The van der Waals surface area contributed by atoms with Gasteiger partial charge < -0.3 is 15.0 Å². The average Bonchev–Trinajstić information content (AvgIpc) is 2.73. The first-order valence-corrected chi connectivity index (χ1v) is 9.75. The fourth-order valence-corrected chi connectivity index (χ4v) is 3.16. The van der Waals surface area contributed by atoms with E-state index in [4.69, 9.17) is 4.74 Å². The minimum Gasteiger partial charge on any atom is -0.494 e. The van der Waals surface area contributed by atoms with E-state index < -0.39 is 0 Å². The minimum absolute atomic E-state index is 0.00957. The molecule has 1 fully saturated rings. The second-order valence-electron chi connectivity index (χ2n) is 6.86. The molecule has 1 aliphatic rings. The summed E-state index contributed by atoms with van der Waals surface area (Å²) in [6.07, 6.45) is 0.929. The van der Waals surface area contributed by atoms with E-state index in [1.165, 1.54) is 0 Å². The number of benzene rings is 2. The first kappa shape index (κ1) is 19.9. The lowest BCUT2D eigenvalue weighted by molar-refractivity contribution is -0.117. The molecule has 1 N–H and O–H groups in total. The third-order valence-corrected chi connectivity index (χ3v) is 4.64. The molecule has 0 aromatic heterocycles. The number of amides is 2. The predicted octanol–water partition coefficient (Wildman–Crippen LogP) is 2.87. The first-order chi connectivity index (χ1) is 13.7. The van der Waals surface area contributed by atoms with Crippen molar-refractivity contribution in [1.29, 1.82) is 0 Å². The molecule has 1 heterocycles. The number of hydrogen-bond donors (Lipinski definition) is 1.